The highest BCUT2D eigenvalue weighted by Gasteiger charge is 2.33. The fourth-order valence-corrected chi connectivity index (χ4v) is 6.93. The Balaban J connectivity index is 1.35. The molecule has 0 radical (unpaired) electrons. The minimum Gasteiger partial charge on any atom is -0.487 e. The lowest BCUT2D eigenvalue weighted by Gasteiger charge is -2.35. The third-order valence-corrected chi connectivity index (χ3v) is 11.2. The van der Waals surface area contributed by atoms with Gasteiger partial charge in [-0.05, 0) is 45.1 Å². The molecule has 1 saturated carbocycles. The van der Waals surface area contributed by atoms with E-state index >= 15 is 0 Å². The van der Waals surface area contributed by atoms with Crippen LogP contribution in [0, 0.1) is 5.92 Å². The average molecular weight is 722 g/mol. The van der Waals surface area contributed by atoms with Gasteiger partial charge in [0, 0.05) is 57.7 Å². The zero-order valence-electron chi connectivity index (χ0n) is 31.5. The van der Waals surface area contributed by atoms with Crippen LogP contribution in [0.5, 0.6) is 5.75 Å². The number of aromatic nitrogens is 4. The van der Waals surface area contributed by atoms with E-state index < -0.39 is 31.4 Å². The van der Waals surface area contributed by atoms with Gasteiger partial charge in [0.1, 0.15) is 18.3 Å². The maximum atomic E-state index is 13.9. The molecule has 4 heterocycles. The van der Waals surface area contributed by atoms with Crippen molar-refractivity contribution in [2.24, 2.45) is 5.92 Å². The first-order valence-electron chi connectivity index (χ1n) is 18.4. The van der Waals surface area contributed by atoms with Crippen molar-refractivity contribution in [2.45, 2.75) is 124 Å². The lowest BCUT2D eigenvalue weighted by molar-refractivity contribution is -0.124. The molecule has 0 spiro atoms. The Morgan fingerprint density at radius 1 is 1.08 bits per heavy atom. The second kappa shape index (κ2) is 16.1. The Labute approximate surface area is 301 Å². The van der Waals surface area contributed by atoms with Crippen molar-refractivity contribution in [1.29, 1.82) is 0 Å². The van der Waals surface area contributed by atoms with Crippen LogP contribution in [0.4, 0.5) is 0 Å². The monoisotopic (exact) mass is 721 g/mol. The van der Waals surface area contributed by atoms with Crippen LogP contribution in [0.15, 0.2) is 23.3 Å². The number of carbonyl (C=O) groups excluding carboxylic acids is 3. The van der Waals surface area contributed by atoms with Crippen molar-refractivity contribution in [3.05, 3.63) is 51.3 Å². The van der Waals surface area contributed by atoms with Crippen molar-refractivity contribution in [1.82, 2.24) is 34.6 Å². The van der Waals surface area contributed by atoms with E-state index in [4.69, 9.17) is 14.5 Å². The van der Waals surface area contributed by atoms with Gasteiger partial charge in [-0.25, -0.2) is 9.97 Å². The molecule has 1 fully saturated rings. The number of amides is 3. The van der Waals surface area contributed by atoms with Crippen LogP contribution < -0.4 is 20.8 Å². The highest BCUT2D eigenvalue weighted by molar-refractivity contribution is 6.76. The first-order chi connectivity index (χ1) is 24.2. The molecular formula is C37H55N7O6Si. The lowest BCUT2D eigenvalue weighted by Crippen LogP contribution is -2.50. The van der Waals surface area contributed by atoms with Crippen molar-refractivity contribution < 1.29 is 23.9 Å². The zero-order chi connectivity index (χ0) is 37.0. The summed E-state index contributed by atoms with van der Waals surface area (Å²) >= 11 is 0. The molecule has 0 bridgehead atoms. The summed E-state index contributed by atoms with van der Waals surface area (Å²) in [7, 11) is -1.28. The third-order valence-electron chi connectivity index (χ3n) is 9.48. The fraction of sp³-hybridized carbons (Fsp3) is 0.622. The second-order valence-electron chi connectivity index (χ2n) is 15.6. The van der Waals surface area contributed by atoms with Gasteiger partial charge >= 0.3 is 0 Å². The van der Waals surface area contributed by atoms with Crippen LogP contribution in [-0.2, 0) is 29.4 Å². The van der Waals surface area contributed by atoms with Gasteiger partial charge in [0.2, 0.25) is 11.3 Å². The topological polar surface area (TPSA) is 150 Å². The molecule has 0 unspecified atom stereocenters. The Morgan fingerprint density at radius 3 is 2.47 bits per heavy atom. The van der Waals surface area contributed by atoms with Crippen LogP contribution >= 0.6 is 0 Å². The largest absolute Gasteiger partial charge is 0.487 e. The molecule has 1 aliphatic heterocycles. The highest BCUT2D eigenvalue weighted by Crippen LogP contribution is 2.39. The Hall–Kier alpha value is -4.04. The standard InChI is InChI=1S/C37H55N7O6Si/c1-9-10-15-50-33-29(45)18-26(44-14-13-43(24(4)5)37(48)32(33)44)19-39-36(47)30(23(2)3)41-35(46)27-21-42(22-49-16-17-51(6,7)8)34-31(27)40-28(20-38-34)25-11-12-25/h18,20-21,23-25,30H,9-17,19,22H2,1-8H3,(H,39,47)(H,41,46)/t30-/m0/s1. The van der Waals surface area contributed by atoms with Crippen LogP contribution in [0.3, 0.4) is 0 Å². The number of unbranched alkanes of at least 4 members (excludes halogenated alkanes) is 1. The van der Waals surface area contributed by atoms with E-state index in [0.29, 0.717) is 54.6 Å². The highest BCUT2D eigenvalue weighted by atomic mass is 28.3. The van der Waals surface area contributed by atoms with Crippen LogP contribution in [-0.4, -0.2) is 81.6 Å². The summed E-state index contributed by atoms with van der Waals surface area (Å²) in [5.41, 5.74) is 2.55. The molecule has 1 aliphatic carbocycles. The second-order valence-corrected chi connectivity index (χ2v) is 21.3. The average Bonchev–Trinajstić information content (AvgIpc) is 3.86. The summed E-state index contributed by atoms with van der Waals surface area (Å²) in [6.07, 6.45) is 7.23. The molecule has 2 aliphatic rings. The third kappa shape index (κ3) is 9.07. The number of hydrogen-bond acceptors (Lipinski definition) is 8. The number of rotatable bonds is 17. The van der Waals surface area contributed by atoms with E-state index in [0.717, 1.165) is 37.4 Å². The van der Waals surface area contributed by atoms with E-state index in [1.165, 1.54) is 6.07 Å². The van der Waals surface area contributed by atoms with Gasteiger partial charge in [-0.1, -0.05) is 46.8 Å². The van der Waals surface area contributed by atoms with Crippen molar-refractivity contribution >= 4 is 37.0 Å². The normalized spacial score (nSPS) is 15.4. The van der Waals surface area contributed by atoms with Gasteiger partial charge in [0.25, 0.3) is 11.8 Å². The van der Waals surface area contributed by atoms with Gasteiger partial charge in [-0.2, -0.15) is 0 Å². The Kier molecular flexibility index (Phi) is 12.1. The van der Waals surface area contributed by atoms with E-state index in [1.54, 1.807) is 26.4 Å². The molecular weight excluding hydrogens is 667 g/mol. The van der Waals surface area contributed by atoms with Crippen molar-refractivity contribution in [3.63, 3.8) is 0 Å². The summed E-state index contributed by atoms with van der Waals surface area (Å²) in [5, 5.41) is 5.87. The van der Waals surface area contributed by atoms with Crippen LogP contribution in [0.1, 0.15) is 98.5 Å². The van der Waals surface area contributed by atoms with Gasteiger partial charge in [-0.3, -0.25) is 19.2 Å². The molecule has 51 heavy (non-hydrogen) atoms. The molecule has 3 aromatic rings. The quantitative estimate of drug-likeness (QED) is 0.148. The van der Waals surface area contributed by atoms with Gasteiger partial charge < -0.3 is 34.1 Å². The van der Waals surface area contributed by atoms with E-state index in [2.05, 4.69) is 35.3 Å². The molecule has 0 saturated heterocycles. The predicted molar refractivity (Wildman–Crippen MR) is 199 cm³/mol. The summed E-state index contributed by atoms with van der Waals surface area (Å²) in [6, 6.07) is 1.52. The predicted octanol–water partition coefficient (Wildman–Crippen LogP) is 4.90. The van der Waals surface area contributed by atoms with E-state index in [9.17, 15) is 19.2 Å². The summed E-state index contributed by atoms with van der Waals surface area (Å²) < 4.78 is 15.5. The Morgan fingerprint density at radius 2 is 1.82 bits per heavy atom. The van der Waals surface area contributed by atoms with Crippen molar-refractivity contribution in [2.75, 3.05) is 19.8 Å². The zero-order valence-corrected chi connectivity index (χ0v) is 32.5. The van der Waals surface area contributed by atoms with Gasteiger partial charge in [0.15, 0.2) is 17.1 Å². The number of nitrogens with one attached hydrogen (secondary N) is 2. The minimum absolute atomic E-state index is 0.00530. The van der Waals surface area contributed by atoms with E-state index in [-0.39, 0.29) is 42.6 Å². The molecule has 1 atom stereocenters. The van der Waals surface area contributed by atoms with Gasteiger partial charge in [0.05, 0.1) is 30.6 Å². The molecule has 2 N–H and O–H groups in total. The first kappa shape index (κ1) is 38.2. The molecule has 278 valence electrons. The number of ether oxygens (including phenoxy) is 2. The molecule has 13 nitrogen and oxygen atoms in total. The first-order valence-corrected chi connectivity index (χ1v) is 22.1. The number of carbonyl (C=O) groups is 3. The maximum absolute atomic E-state index is 13.9. The van der Waals surface area contributed by atoms with Crippen molar-refractivity contribution in [3.8, 4) is 5.75 Å². The number of fused-ring (bicyclic) bond motifs is 2. The molecule has 0 aromatic carbocycles. The fourth-order valence-electron chi connectivity index (χ4n) is 6.18. The smallest absolute Gasteiger partial charge is 0.274 e. The SMILES string of the molecule is CCCCOc1c2n(c(CNC(=O)[C@@H](NC(=O)c3cn(COCC[Si](C)(C)C)c4ncc(C5CC5)nc34)C(C)C)cc1=O)CCN(C(C)C)C2=O. The summed E-state index contributed by atoms with van der Waals surface area (Å²) in [4.78, 5) is 65.9. The molecule has 14 heteroatoms. The summed E-state index contributed by atoms with van der Waals surface area (Å²) in [6.45, 7) is 18.6. The van der Waals surface area contributed by atoms with E-state index in [1.807, 2.05) is 34.6 Å². The summed E-state index contributed by atoms with van der Waals surface area (Å²) in [5.74, 6) is -0.963. The molecule has 3 aromatic heterocycles. The number of hydrogen-bond donors (Lipinski definition) is 2. The Bertz CT molecular complexity index is 1810. The molecule has 3 amide bonds. The van der Waals surface area contributed by atoms with Gasteiger partial charge in [-0.15, -0.1) is 0 Å². The van der Waals surface area contributed by atoms with Crippen LogP contribution in [0.2, 0.25) is 25.7 Å². The molecule has 5 rings (SSSR count). The number of pyridine rings is 1. The minimum atomic E-state index is -1.28. The maximum Gasteiger partial charge on any atom is 0.274 e. The van der Waals surface area contributed by atoms with Crippen LogP contribution in [0.25, 0.3) is 11.2 Å². The lowest BCUT2D eigenvalue weighted by atomic mass is 10.0. The number of nitrogens with zero attached hydrogens (tertiary/aromatic N) is 5.